The van der Waals surface area contributed by atoms with Crippen LogP contribution in [0.4, 0.5) is 24.5 Å². The van der Waals surface area contributed by atoms with Crippen molar-refractivity contribution in [3.8, 4) is 11.5 Å². The summed E-state index contributed by atoms with van der Waals surface area (Å²) in [7, 11) is 0. The number of rotatable bonds is 3. The number of nitrogens with two attached hydrogens (primary N) is 1. The number of anilines is 1. The van der Waals surface area contributed by atoms with Gasteiger partial charge in [-0.25, -0.2) is 4.99 Å². The van der Waals surface area contributed by atoms with Crippen molar-refractivity contribution in [3.05, 3.63) is 47.0 Å². The molecule has 2 aromatic carbocycles. The number of aliphatic imine (C=N–C) groups is 1. The first-order valence-corrected chi connectivity index (χ1v) is 9.07. The van der Waals surface area contributed by atoms with Crippen LogP contribution in [-0.4, -0.2) is 36.3 Å². The quantitative estimate of drug-likeness (QED) is 0.752. The predicted octanol–water partition coefficient (Wildman–Crippen LogP) is 4.56. The van der Waals surface area contributed by atoms with E-state index in [2.05, 4.69) is 14.6 Å². The molecule has 2 aromatic rings. The zero-order valence-electron chi connectivity index (χ0n) is 14.7. The number of hydrogen-bond acceptors (Lipinski definition) is 5. The van der Waals surface area contributed by atoms with Crippen molar-refractivity contribution in [1.82, 2.24) is 4.90 Å². The van der Waals surface area contributed by atoms with Crippen LogP contribution in [0.2, 0.25) is 5.02 Å². The van der Waals surface area contributed by atoms with Crippen LogP contribution in [-0.2, 0) is 6.42 Å². The Labute approximate surface area is 164 Å². The monoisotopic (exact) mass is 411 g/mol. The number of benzene rings is 2. The topological polar surface area (TPSA) is 60.1 Å². The minimum Gasteiger partial charge on any atom is -0.487 e. The number of hydrogen-bond donors (Lipinski definition) is 1. The molecule has 2 heterocycles. The average molecular weight is 412 g/mol. The van der Waals surface area contributed by atoms with E-state index in [0.717, 1.165) is 42.5 Å². The highest BCUT2D eigenvalue weighted by Crippen LogP contribution is 2.34. The number of nitrogen functional groups attached to an aromatic ring is 1. The predicted molar refractivity (Wildman–Crippen MR) is 100 cm³/mol. The Hall–Kier alpha value is -2.61. The second kappa shape index (κ2) is 7.09. The normalized spacial score (nSPS) is 18.8. The molecule has 9 heteroatoms. The third-order valence-electron chi connectivity index (χ3n) is 4.65. The van der Waals surface area contributed by atoms with E-state index in [0.29, 0.717) is 18.0 Å². The highest BCUT2D eigenvalue weighted by atomic mass is 35.5. The third-order valence-corrected chi connectivity index (χ3v) is 4.94. The van der Waals surface area contributed by atoms with Crippen LogP contribution in [0, 0.1) is 0 Å². The van der Waals surface area contributed by atoms with Crippen molar-refractivity contribution in [2.45, 2.75) is 25.3 Å². The summed E-state index contributed by atoms with van der Waals surface area (Å²) in [5.41, 5.74) is 8.52. The average Bonchev–Trinajstić information content (AvgIpc) is 3.22. The third kappa shape index (κ3) is 4.11. The van der Waals surface area contributed by atoms with Gasteiger partial charge in [0.15, 0.2) is 0 Å². The van der Waals surface area contributed by atoms with E-state index in [1.165, 1.54) is 12.1 Å². The van der Waals surface area contributed by atoms with Crippen LogP contribution in [0.15, 0.2) is 41.4 Å². The SMILES string of the molecule is Nc1ccc2c(c1)N=C(N1CCC(Oc3ccc(OC(F)(F)F)cc3Cl)C1)C2. The van der Waals surface area contributed by atoms with Crippen LogP contribution in [0.25, 0.3) is 0 Å². The molecule has 1 saturated heterocycles. The molecular formula is C19H17ClF3N3O2. The summed E-state index contributed by atoms with van der Waals surface area (Å²) in [5.74, 6) is 0.912. The standard InChI is InChI=1S/C19H17ClF3N3O2/c20-15-9-13(28-19(21,22)23)3-4-17(15)27-14-5-6-26(10-14)18-7-11-1-2-12(24)8-16(11)25-18/h1-4,8-9,14H,5-7,10,24H2. The molecular weight excluding hydrogens is 395 g/mol. The van der Waals surface area contributed by atoms with Crippen molar-refractivity contribution < 1.29 is 22.6 Å². The van der Waals surface area contributed by atoms with Crippen LogP contribution in [0.1, 0.15) is 12.0 Å². The summed E-state index contributed by atoms with van der Waals surface area (Å²) in [6, 6.07) is 9.37. The molecule has 2 aliphatic rings. The molecule has 2 N–H and O–H groups in total. The van der Waals surface area contributed by atoms with Gasteiger partial charge in [-0.3, -0.25) is 0 Å². The fourth-order valence-corrected chi connectivity index (χ4v) is 3.59. The summed E-state index contributed by atoms with van der Waals surface area (Å²) in [6.07, 6.45) is -3.40. The van der Waals surface area contributed by atoms with Crippen LogP contribution < -0.4 is 15.2 Å². The minimum atomic E-state index is -4.76. The first kappa shape index (κ1) is 18.7. The van der Waals surface area contributed by atoms with E-state index >= 15 is 0 Å². The maximum Gasteiger partial charge on any atom is 0.573 e. The fraction of sp³-hybridized carbons (Fsp3) is 0.316. The molecule has 0 saturated carbocycles. The number of likely N-dealkylation sites (tertiary alicyclic amines) is 1. The highest BCUT2D eigenvalue weighted by Gasteiger charge is 2.32. The molecule has 1 fully saturated rings. The van der Waals surface area contributed by atoms with Crippen molar-refractivity contribution in [3.63, 3.8) is 0 Å². The highest BCUT2D eigenvalue weighted by molar-refractivity contribution is 6.32. The van der Waals surface area contributed by atoms with Gasteiger partial charge in [-0.15, -0.1) is 13.2 Å². The lowest BCUT2D eigenvalue weighted by Crippen LogP contribution is -2.31. The Balaban J connectivity index is 1.39. The van der Waals surface area contributed by atoms with Crippen LogP contribution in [0.5, 0.6) is 11.5 Å². The molecule has 1 unspecified atom stereocenters. The number of amidine groups is 1. The first-order chi connectivity index (χ1) is 13.3. The Morgan fingerprint density at radius 2 is 2.00 bits per heavy atom. The first-order valence-electron chi connectivity index (χ1n) is 8.70. The molecule has 0 aromatic heterocycles. The van der Waals surface area contributed by atoms with Gasteiger partial charge in [-0.05, 0) is 29.8 Å². The molecule has 28 heavy (non-hydrogen) atoms. The molecule has 0 aliphatic carbocycles. The van der Waals surface area contributed by atoms with Gasteiger partial charge in [-0.1, -0.05) is 17.7 Å². The molecule has 0 radical (unpaired) electrons. The Morgan fingerprint density at radius 3 is 2.75 bits per heavy atom. The second-order valence-corrected chi connectivity index (χ2v) is 7.11. The Bertz CT molecular complexity index is 933. The zero-order valence-corrected chi connectivity index (χ0v) is 15.4. The van der Waals surface area contributed by atoms with Gasteiger partial charge in [0, 0.05) is 31.1 Å². The number of ether oxygens (including phenoxy) is 2. The lowest BCUT2D eigenvalue weighted by Gasteiger charge is -2.19. The molecule has 0 bridgehead atoms. The number of nitrogens with zero attached hydrogens (tertiary/aromatic N) is 2. The maximum atomic E-state index is 12.3. The molecule has 148 valence electrons. The molecule has 5 nitrogen and oxygen atoms in total. The molecule has 1 atom stereocenters. The Morgan fingerprint density at radius 1 is 1.18 bits per heavy atom. The van der Waals surface area contributed by atoms with E-state index in [1.54, 1.807) is 0 Å². The van der Waals surface area contributed by atoms with Crippen LogP contribution >= 0.6 is 11.6 Å². The summed E-state index contributed by atoms with van der Waals surface area (Å²) in [5, 5.41) is 0.0706. The van der Waals surface area contributed by atoms with Gasteiger partial charge < -0.3 is 20.1 Å². The second-order valence-electron chi connectivity index (χ2n) is 6.71. The van der Waals surface area contributed by atoms with Gasteiger partial charge >= 0.3 is 6.36 Å². The molecule has 2 aliphatic heterocycles. The summed E-state index contributed by atoms with van der Waals surface area (Å²) >= 11 is 6.05. The lowest BCUT2D eigenvalue weighted by molar-refractivity contribution is -0.274. The Kier molecular flexibility index (Phi) is 4.74. The van der Waals surface area contributed by atoms with Gasteiger partial charge in [0.05, 0.1) is 17.3 Å². The number of fused-ring (bicyclic) bond motifs is 1. The van der Waals surface area contributed by atoms with Crippen molar-refractivity contribution >= 4 is 28.8 Å². The van der Waals surface area contributed by atoms with Gasteiger partial charge in [-0.2, -0.15) is 0 Å². The van der Waals surface area contributed by atoms with E-state index in [1.807, 2.05) is 18.2 Å². The molecule has 0 spiro atoms. The fourth-order valence-electron chi connectivity index (χ4n) is 3.38. The summed E-state index contributed by atoms with van der Waals surface area (Å²) < 4.78 is 46.6. The van der Waals surface area contributed by atoms with Crippen molar-refractivity contribution in [1.29, 1.82) is 0 Å². The van der Waals surface area contributed by atoms with Gasteiger partial charge in [0.2, 0.25) is 0 Å². The number of alkyl halides is 3. The summed E-state index contributed by atoms with van der Waals surface area (Å²) in [4.78, 5) is 6.81. The number of halogens is 4. The smallest absolute Gasteiger partial charge is 0.487 e. The summed E-state index contributed by atoms with van der Waals surface area (Å²) in [6.45, 7) is 1.40. The van der Waals surface area contributed by atoms with E-state index in [4.69, 9.17) is 22.1 Å². The minimum absolute atomic E-state index is 0.0706. The van der Waals surface area contributed by atoms with E-state index in [9.17, 15) is 13.2 Å². The molecule has 0 amide bonds. The molecule has 4 rings (SSSR count). The van der Waals surface area contributed by atoms with Gasteiger partial charge in [0.1, 0.15) is 23.4 Å². The largest absolute Gasteiger partial charge is 0.573 e. The van der Waals surface area contributed by atoms with Crippen molar-refractivity contribution in [2.75, 3.05) is 18.8 Å². The van der Waals surface area contributed by atoms with Crippen molar-refractivity contribution in [2.24, 2.45) is 4.99 Å². The zero-order chi connectivity index (χ0) is 19.9. The maximum absolute atomic E-state index is 12.3. The van der Waals surface area contributed by atoms with Gasteiger partial charge in [0.25, 0.3) is 0 Å². The van der Waals surface area contributed by atoms with Crippen LogP contribution in [0.3, 0.4) is 0 Å². The van der Waals surface area contributed by atoms with E-state index < -0.39 is 6.36 Å². The van der Waals surface area contributed by atoms with E-state index in [-0.39, 0.29) is 16.9 Å². The lowest BCUT2D eigenvalue weighted by atomic mass is 10.1.